The zero-order valence-electron chi connectivity index (χ0n) is 22.8. The molecule has 1 heterocycles. The van der Waals surface area contributed by atoms with Crippen molar-refractivity contribution in [3.8, 4) is 11.5 Å². The Morgan fingerprint density at radius 1 is 0.917 bits per heavy atom. The molecular weight excluding hydrogens is 518 g/mol. The van der Waals surface area contributed by atoms with Crippen LogP contribution in [0.4, 0.5) is 0 Å². The largest absolute Gasteiger partial charge is 0.493 e. The standard InChI is InChI=1S/C30H40BrNO4/c1-8-10-32-20-14-29(3,4)16-22(33)26(20)25(27-21(32)15-30(5,6)17-23(27)34)18-12-19(31)28(36-11-9-2)24(13-18)35-7/h12-13,25H,8-11,14-17H2,1-7H3. The predicted octanol–water partition coefficient (Wildman–Crippen LogP) is 7.34. The number of hydrogen-bond donors (Lipinski definition) is 0. The Hall–Kier alpha value is -2.08. The Morgan fingerprint density at radius 2 is 1.47 bits per heavy atom. The van der Waals surface area contributed by atoms with E-state index < -0.39 is 0 Å². The Kier molecular flexibility index (Phi) is 7.49. The lowest BCUT2D eigenvalue weighted by molar-refractivity contribution is -0.119. The van der Waals surface area contributed by atoms with E-state index in [0.717, 1.165) is 64.8 Å². The first kappa shape index (κ1) is 27.0. The summed E-state index contributed by atoms with van der Waals surface area (Å²) >= 11 is 3.70. The fourth-order valence-electron chi connectivity index (χ4n) is 6.13. The number of nitrogens with zero attached hydrogens (tertiary/aromatic N) is 1. The minimum Gasteiger partial charge on any atom is -0.493 e. The Bertz CT molecular complexity index is 1090. The van der Waals surface area contributed by atoms with Gasteiger partial charge in [0, 0.05) is 47.8 Å². The summed E-state index contributed by atoms with van der Waals surface area (Å²) < 4.78 is 12.5. The van der Waals surface area contributed by atoms with Gasteiger partial charge in [-0.15, -0.1) is 0 Å². The number of Topliss-reactive ketones (excluding diaryl/α,β-unsaturated/α-hetero) is 2. The van der Waals surface area contributed by atoms with Gasteiger partial charge >= 0.3 is 0 Å². The van der Waals surface area contributed by atoms with Crippen LogP contribution in [0.1, 0.15) is 91.5 Å². The van der Waals surface area contributed by atoms with E-state index in [-0.39, 0.29) is 28.3 Å². The molecule has 0 bridgehead atoms. The molecule has 0 radical (unpaired) electrons. The van der Waals surface area contributed by atoms with Gasteiger partial charge in [0.15, 0.2) is 23.1 Å². The Labute approximate surface area is 224 Å². The highest BCUT2D eigenvalue weighted by atomic mass is 79.9. The van der Waals surface area contributed by atoms with Crippen molar-refractivity contribution < 1.29 is 19.1 Å². The summed E-state index contributed by atoms with van der Waals surface area (Å²) in [5.41, 5.74) is 4.47. The quantitative estimate of drug-likeness (QED) is 0.351. The topological polar surface area (TPSA) is 55.8 Å². The van der Waals surface area contributed by atoms with Gasteiger partial charge in [0.05, 0.1) is 18.2 Å². The molecule has 0 fully saturated rings. The van der Waals surface area contributed by atoms with Crippen LogP contribution in [0, 0.1) is 10.8 Å². The molecule has 0 saturated heterocycles. The summed E-state index contributed by atoms with van der Waals surface area (Å²) in [7, 11) is 1.63. The molecular formula is C30H40BrNO4. The van der Waals surface area contributed by atoms with Crippen LogP contribution in [-0.2, 0) is 9.59 Å². The molecule has 0 amide bonds. The van der Waals surface area contributed by atoms with Crippen molar-refractivity contribution in [1.82, 2.24) is 4.90 Å². The van der Waals surface area contributed by atoms with Crippen molar-refractivity contribution in [3.05, 3.63) is 44.7 Å². The van der Waals surface area contributed by atoms with Crippen LogP contribution in [-0.4, -0.2) is 36.7 Å². The number of rotatable bonds is 7. The lowest BCUT2D eigenvalue weighted by Gasteiger charge is -2.49. The molecule has 36 heavy (non-hydrogen) atoms. The molecule has 196 valence electrons. The maximum atomic E-state index is 13.8. The van der Waals surface area contributed by atoms with Crippen LogP contribution in [0.2, 0.25) is 0 Å². The second-order valence-electron chi connectivity index (χ2n) is 12.1. The first-order valence-corrected chi connectivity index (χ1v) is 14.0. The van der Waals surface area contributed by atoms with Gasteiger partial charge in [-0.3, -0.25) is 9.59 Å². The third kappa shape index (κ3) is 4.90. The van der Waals surface area contributed by atoms with Crippen LogP contribution in [0.3, 0.4) is 0 Å². The molecule has 1 aromatic carbocycles. The third-order valence-corrected chi connectivity index (χ3v) is 8.09. The molecule has 0 aromatic heterocycles. The number of ketones is 2. The smallest absolute Gasteiger partial charge is 0.175 e. The van der Waals surface area contributed by atoms with Gasteiger partial charge in [0.2, 0.25) is 0 Å². The van der Waals surface area contributed by atoms with Gasteiger partial charge in [0.25, 0.3) is 0 Å². The first-order valence-electron chi connectivity index (χ1n) is 13.2. The van der Waals surface area contributed by atoms with E-state index in [2.05, 4.69) is 62.4 Å². The molecule has 4 rings (SSSR count). The molecule has 2 aliphatic carbocycles. The second kappa shape index (κ2) is 10.00. The minimum absolute atomic E-state index is 0.116. The summed E-state index contributed by atoms with van der Waals surface area (Å²) in [6.07, 6.45) is 4.46. The lowest BCUT2D eigenvalue weighted by atomic mass is 9.63. The Morgan fingerprint density at radius 3 is 1.94 bits per heavy atom. The molecule has 0 atom stereocenters. The summed E-state index contributed by atoms with van der Waals surface area (Å²) in [4.78, 5) is 30.0. The van der Waals surface area contributed by atoms with Gasteiger partial charge in [0.1, 0.15) is 0 Å². The molecule has 0 spiro atoms. The number of benzene rings is 1. The number of carbonyl (C=O) groups excluding carboxylic acids is 2. The molecule has 1 aromatic rings. The summed E-state index contributed by atoms with van der Waals surface area (Å²) in [5.74, 6) is 1.18. The van der Waals surface area contributed by atoms with Crippen molar-refractivity contribution in [1.29, 1.82) is 0 Å². The third-order valence-electron chi connectivity index (χ3n) is 7.50. The fraction of sp³-hybridized carbons (Fsp3) is 0.600. The molecule has 1 aliphatic heterocycles. The maximum absolute atomic E-state index is 13.8. The van der Waals surface area contributed by atoms with Crippen LogP contribution in [0.15, 0.2) is 39.1 Å². The van der Waals surface area contributed by atoms with Crippen LogP contribution in [0.25, 0.3) is 0 Å². The van der Waals surface area contributed by atoms with Crippen molar-refractivity contribution in [3.63, 3.8) is 0 Å². The predicted molar refractivity (Wildman–Crippen MR) is 146 cm³/mol. The zero-order valence-corrected chi connectivity index (χ0v) is 24.4. The van der Waals surface area contributed by atoms with Crippen LogP contribution < -0.4 is 9.47 Å². The van der Waals surface area contributed by atoms with Crippen molar-refractivity contribution >= 4 is 27.5 Å². The maximum Gasteiger partial charge on any atom is 0.175 e. The average molecular weight is 559 g/mol. The van der Waals surface area contributed by atoms with Crippen molar-refractivity contribution in [2.24, 2.45) is 10.8 Å². The van der Waals surface area contributed by atoms with Crippen LogP contribution >= 0.6 is 15.9 Å². The van der Waals surface area contributed by atoms with Crippen molar-refractivity contribution in [2.75, 3.05) is 20.3 Å². The van der Waals surface area contributed by atoms with Gasteiger partial charge in [-0.05, 0) is 70.1 Å². The number of methoxy groups -OCH3 is 1. The summed E-state index contributed by atoms with van der Waals surface area (Å²) in [5, 5.41) is 0. The summed E-state index contributed by atoms with van der Waals surface area (Å²) in [6, 6.07) is 3.98. The lowest BCUT2D eigenvalue weighted by Crippen LogP contribution is -2.44. The zero-order chi connectivity index (χ0) is 26.4. The highest BCUT2D eigenvalue weighted by Gasteiger charge is 2.49. The SMILES string of the molecule is CCCOc1c(Br)cc(C2C3=C(CC(C)(C)CC3=O)N(CCC)C3=C2C(=O)CC(C)(C)C3)cc1OC. The van der Waals surface area contributed by atoms with Gasteiger partial charge in [-0.25, -0.2) is 0 Å². The van der Waals surface area contributed by atoms with E-state index >= 15 is 0 Å². The molecule has 5 nitrogen and oxygen atoms in total. The molecule has 6 heteroatoms. The van der Waals surface area contributed by atoms with E-state index in [9.17, 15) is 9.59 Å². The van der Waals surface area contributed by atoms with Crippen molar-refractivity contribution in [2.45, 2.75) is 86.0 Å². The van der Waals surface area contributed by atoms with E-state index in [4.69, 9.17) is 9.47 Å². The number of halogens is 1. The highest BCUT2D eigenvalue weighted by molar-refractivity contribution is 9.10. The van der Waals surface area contributed by atoms with Gasteiger partial charge in [-0.2, -0.15) is 0 Å². The Balaban J connectivity index is 1.98. The van der Waals surface area contributed by atoms with E-state index in [1.165, 1.54) is 0 Å². The number of carbonyl (C=O) groups is 2. The van der Waals surface area contributed by atoms with E-state index in [0.29, 0.717) is 30.9 Å². The van der Waals surface area contributed by atoms with Gasteiger partial charge < -0.3 is 14.4 Å². The van der Waals surface area contributed by atoms with Crippen LogP contribution in [0.5, 0.6) is 11.5 Å². The van der Waals surface area contributed by atoms with E-state index in [1.807, 2.05) is 12.1 Å². The second-order valence-corrected chi connectivity index (χ2v) is 12.9. The normalized spacial score (nSPS) is 21.5. The van der Waals surface area contributed by atoms with E-state index in [1.54, 1.807) is 7.11 Å². The minimum atomic E-state index is -0.388. The first-order chi connectivity index (χ1) is 16.9. The number of allylic oxidation sites excluding steroid dienone is 4. The monoisotopic (exact) mass is 557 g/mol. The highest BCUT2D eigenvalue weighted by Crippen LogP contribution is 2.55. The fourth-order valence-corrected chi connectivity index (χ4v) is 6.70. The molecule has 0 saturated carbocycles. The molecule has 3 aliphatic rings. The summed E-state index contributed by atoms with van der Waals surface area (Å²) in [6.45, 7) is 14.3. The van der Waals surface area contributed by atoms with Gasteiger partial charge in [-0.1, -0.05) is 41.5 Å². The number of ether oxygens (including phenoxy) is 2. The molecule has 0 N–H and O–H groups in total. The molecule has 0 unspecified atom stereocenters. The number of hydrogen-bond acceptors (Lipinski definition) is 5. The average Bonchev–Trinajstić information content (AvgIpc) is 2.77.